The van der Waals surface area contributed by atoms with Crippen molar-refractivity contribution in [1.29, 1.82) is 0 Å². The van der Waals surface area contributed by atoms with Crippen molar-refractivity contribution >= 4 is 46.9 Å². The van der Waals surface area contributed by atoms with Gasteiger partial charge in [-0.1, -0.05) is 23.2 Å². The van der Waals surface area contributed by atoms with E-state index in [0.717, 1.165) is 0 Å². The summed E-state index contributed by atoms with van der Waals surface area (Å²) in [5.41, 5.74) is 0.151. The summed E-state index contributed by atoms with van der Waals surface area (Å²) >= 11 is 11.6. The van der Waals surface area contributed by atoms with Crippen LogP contribution in [0.3, 0.4) is 0 Å². The zero-order valence-electron chi connectivity index (χ0n) is 14.2. The molecule has 142 valence electrons. The van der Waals surface area contributed by atoms with E-state index in [1.165, 1.54) is 18.2 Å². The van der Waals surface area contributed by atoms with Gasteiger partial charge in [0.15, 0.2) is 6.61 Å². The third-order valence-electron chi connectivity index (χ3n) is 2.83. The van der Waals surface area contributed by atoms with Gasteiger partial charge in [0.1, 0.15) is 6.54 Å². The minimum atomic E-state index is -0.815. The Morgan fingerprint density at radius 1 is 1.04 bits per heavy atom. The second-order valence-electron chi connectivity index (χ2n) is 5.47. The topological polar surface area (TPSA) is 114 Å². The van der Waals surface area contributed by atoms with Crippen LogP contribution in [0.2, 0.25) is 10.0 Å². The standard InChI is InChI=1S/C16H19Cl2N3O5/c1-9(2)21-13(22)6-19-14(23)8-26-15(24)7-20-16(25)11-4-3-10(17)5-12(11)18/h3-5,9H,6-8H2,1-2H3,(H,19,23)(H,20,25)(H,21,22). The van der Waals surface area contributed by atoms with E-state index in [0.29, 0.717) is 5.02 Å². The summed E-state index contributed by atoms with van der Waals surface area (Å²) in [5, 5.41) is 7.73. The van der Waals surface area contributed by atoms with Crippen molar-refractivity contribution in [3.05, 3.63) is 33.8 Å². The van der Waals surface area contributed by atoms with Gasteiger partial charge in [-0.25, -0.2) is 0 Å². The summed E-state index contributed by atoms with van der Waals surface area (Å²) in [4.78, 5) is 46.3. The number of hydrogen-bond donors (Lipinski definition) is 3. The van der Waals surface area contributed by atoms with E-state index in [1.54, 1.807) is 13.8 Å². The first kappa shape index (κ1) is 21.7. The normalized spacial score (nSPS) is 10.2. The fourth-order valence-corrected chi connectivity index (χ4v) is 2.22. The third kappa shape index (κ3) is 8.17. The molecule has 0 radical (unpaired) electrons. The zero-order valence-corrected chi connectivity index (χ0v) is 15.7. The molecule has 0 atom stereocenters. The van der Waals surface area contributed by atoms with Gasteiger partial charge in [-0.3, -0.25) is 19.2 Å². The molecular formula is C16H19Cl2N3O5. The summed E-state index contributed by atoms with van der Waals surface area (Å²) in [5.74, 6) is -2.39. The quantitative estimate of drug-likeness (QED) is 0.558. The van der Waals surface area contributed by atoms with Crippen LogP contribution in [0, 0.1) is 0 Å². The average Bonchev–Trinajstić information content (AvgIpc) is 2.55. The summed E-state index contributed by atoms with van der Waals surface area (Å²) in [7, 11) is 0. The molecule has 1 aromatic rings. The van der Waals surface area contributed by atoms with Crippen LogP contribution in [-0.2, 0) is 19.1 Å². The van der Waals surface area contributed by atoms with Gasteiger partial charge in [-0.15, -0.1) is 0 Å². The van der Waals surface area contributed by atoms with Crippen molar-refractivity contribution in [3.8, 4) is 0 Å². The Kier molecular flexibility index (Phi) is 8.87. The van der Waals surface area contributed by atoms with Crippen molar-refractivity contribution in [2.24, 2.45) is 0 Å². The van der Waals surface area contributed by atoms with Gasteiger partial charge in [0.05, 0.1) is 17.1 Å². The summed E-state index contributed by atoms with van der Waals surface area (Å²) in [6, 6.07) is 4.26. The van der Waals surface area contributed by atoms with Crippen LogP contribution >= 0.6 is 23.2 Å². The van der Waals surface area contributed by atoms with E-state index in [4.69, 9.17) is 27.9 Å². The predicted molar refractivity (Wildman–Crippen MR) is 96.0 cm³/mol. The first-order valence-electron chi connectivity index (χ1n) is 7.64. The minimum absolute atomic E-state index is 0.0463. The molecule has 1 aromatic carbocycles. The number of carbonyl (C=O) groups is 4. The summed E-state index contributed by atoms with van der Waals surface area (Å²) in [6.45, 7) is 2.34. The number of amides is 3. The highest BCUT2D eigenvalue weighted by molar-refractivity contribution is 6.36. The second-order valence-corrected chi connectivity index (χ2v) is 6.31. The predicted octanol–water partition coefficient (Wildman–Crippen LogP) is 0.907. The highest BCUT2D eigenvalue weighted by Crippen LogP contribution is 2.20. The van der Waals surface area contributed by atoms with Crippen LogP contribution in [-0.4, -0.2) is 49.4 Å². The highest BCUT2D eigenvalue weighted by atomic mass is 35.5. The molecule has 0 saturated heterocycles. The Morgan fingerprint density at radius 3 is 2.35 bits per heavy atom. The molecule has 3 N–H and O–H groups in total. The maximum Gasteiger partial charge on any atom is 0.325 e. The number of hydrogen-bond acceptors (Lipinski definition) is 5. The molecule has 0 unspecified atom stereocenters. The Bertz CT molecular complexity index is 694. The second kappa shape index (κ2) is 10.6. The molecule has 0 aromatic heterocycles. The molecule has 0 spiro atoms. The van der Waals surface area contributed by atoms with Crippen molar-refractivity contribution in [2.75, 3.05) is 19.7 Å². The molecule has 0 aliphatic heterocycles. The van der Waals surface area contributed by atoms with Gasteiger partial charge in [-0.05, 0) is 32.0 Å². The Hall–Kier alpha value is -2.32. The van der Waals surface area contributed by atoms with Gasteiger partial charge in [-0.2, -0.15) is 0 Å². The summed E-state index contributed by atoms with van der Waals surface area (Å²) < 4.78 is 4.70. The molecule has 1 rings (SSSR count). The molecule has 0 aliphatic carbocycles. The number of ether oxygens (including phenoxy) is 1. The van der Waals surface area contributed by atoms with Crippen LogP contribution in [0.1, 0.15) is 24.2 Å². The van der Waals surface area contributed by atoms with E-state index in [9.17, 15) is 19.2 Å². The maximum atomic E-state index is 11.9. The lowest BCUT2D eigenvalue weighted by Gasteiger charge is -2.10. The van der Waals surface area contributed by atoms with E-state index in [1.807, 2.05) is 0 Å². The van der Waals surface area contributed by atoms with E-state index < -0.39 is 30.9 Å². The lowest BCUT2D eigenvalue weighted by Crippen LogP contribution is -2.41. The number of carbonyl (C=O) groups excluding carboxylic acids is 4. The fourth-order valence-electron chi connectivity index (χ4n) is 1.72. The molecule has 0 heterocycles. The molecule has 8 nitrogen and oxygen atoms in total. The van der Waals surface area contributed by atoms with Crippen LogP contribution in [0.25, 0.3) is 0 Å². The molecule has 10 heteroatoms. The van der Waals surface area contributed by atoms with Gasteiger partial charge in [0.25, 0.3) is 11.8 Å². The van der Waals surface area contributed by atoms with Crippen molar-refractivity contribution in [1.82, 2.24) is 16.0 Å². The van der Waals surface area contributed by atoms with E-state index in [-0.39, 0.29) is 29.1 Å². The maximum absolute atomic E-state index is 11.9. The molecule has 0 bridgehead atoms. The van der Waals surface area contributed by atoms with Crippen molar-refractivity contribution in [3.63, 3.8) is 0 Å². The minimum Gasteiger partial charge on any atom is -0.454 e. The van der Waals surface area contributed by atoms with E-state index >= 15 is 0 Å². The first-order chi connectivity index (χ1) is 12.2. The number of rotatable bonds is 8. The SMILES string of the molecule is CC(C)NC(=O)CNC(=O)COC(=O)CNC(=O)c1ccc(Cl)cc1Cl. The van der Waals surface area contributed by atoms with Crippen LogP contribution in [0.4, 0.5) is 0 Å². The van der Waals surface area contributed by atoms with E-state index in [2.05, 4.69) is 16.0 Å². The molecule has 0 fully saturated rings. The lowest BCUT2D eigenvalue weighted by molar-refractivity contribution is -0.147. The lowest BCUT2D eigenvalue weighted by atomic mass is 10.2. The Morgan fingerprint density at radius 2 is 1.73 bits per heavy atom. The van der Waals surface area contributed by atoms with Crippen LogP contribution in [0.5, 0.6) is 0 Å². The van der Waals surface area contributed by atoms with Crippen LogP contribution in [0.15, 0.2) is 18.2 Å². The Labute approximate surface area is 160 Å². The van der Waals surface area contributed by atoms with Gasteiger partial charge < -0.3 is 20.7 Å². The highest BCUT2D eigenvalue weighted by Gasteiger charge is 2.14. The smallest absolute Gasteiger partial charge is 0.325 e. The third-order valence-corrected chi connectivity index (χ3v) is 3.38. The van der Waals surface area contributed by atoms with Gasteiger partial charge >= 0.3 is 5.97 Å². The number of halogens is 2. The number of nitrogens with one attached hydrogen (secondary N) is 3. The zero-order chi connectivity index (χ0) is 19.7. The van der Waals surface area contributed by atoms with Gasteiger partial charge in [0.2, 0.25) is 5.91 Å². The molecule has 0 aliphatic rings. The van der Waals surface area contributed by atoms with Crippen molar-refractivity contribution < 1.29 is 23.9 Å². The Balaban J connectivity index is 2.30. The summed E-state index contributed by atoms with van der Waals surface area (Å²) in [6.07, 6.45) is 0. The molecule has 3 amide bonds. The van der Waals surface area contributed by atoms with Gasteiger partial charge in [0, 0.05) is 11.1 Å². The number of benzene rings is 1. The van der Waals surface area contributed by atoms with Crippen molar-refractivity contribution in [2.45, 2.75) is 19.9 Å². The molecule has 0 saturated carbocycles. The largest absolute Gasteiger partial charge is 0.454 e. The molecular weight excluding hydrogens is 385 g/mol. The fraction of sp³-hybridized carbons (Fsp3) is 0.375. The number of esters is 1. The van der Waals surface area contributed by atoms with Crippen LogP contribution < -0.4 is 16.0 Å². The molecule has 26 heavy (non-hydrogen) atoms. The average molecular weight is 404 g/mol. The first-order valence-corrected chi connectivity index (χ1v) is 8.39. The monoisotopic (exact) mass is 403 g/mol.